The highest BCUT2D eigenvalue weighted by molar-refractivity contribution is 9.10. The first-order valence-corrected chi connectivity index (χ1v) is 5.21. The van der Waals surface area contributed by atoms with E-state index in [2.05, 4.69) is 27.8 Å². The third kappa shape index (κ3) is 2.76. The first kappa shape index (κ1) is 10.0. The Kier molecular flexibility index (Phi) is 4.02. The summed E-state index contributed by atoms with van der Waals surface area (Å²) < 4.78 is 1.07. The molecule has 1 rings (SSSR count). The highest BCUT2D eigenvalue weighted by atomic mass is 79.9. The molecule has 1 unspecified atom stereocenters. The Morgan fingerprint density at radius 2 is 2.42 bits per heavy atom. The third-order valence-corrected chi connectivity index (χ3v) is 2.93. The van der Waals surface area contributed by atoms with E-state index >= 15 is 0 Å². The molecule has 3 heteroatoms. The summed E-state index contributed by atoms with van der Waals surface area (Å²) in [6, 6.07) is 2.02. The average molecular weight is 249 g/mol. The summed E-state index contributed by atoms with van der Waals surface area (Å²) in [6.45, 7) is 2.14. The molecule has 12 heavy (non-hydrogen) atoms. The zero-order valence-electron chi connectivity index (χ0n) is 6.93. The van der Waals surface area contributed by atoms with Gasteiger partial charge in [-0.3, -0.25) is 4.98 Å². The van der Waals surface area contributed by atoms with E-state index in [9.17, 15) is 0 Å². The summed E-state index contributed by atoms with van der Waals surface area (Å²) >= 11 is 9.17. The number of alkyl halides is 1. The fraction of sp³-hybridized carbons (Fsp3) is 0.444. The predicted molar refractivity (Wildman–Crippen MR) is 55.5 cm³/mol. The van der Waals surface area contributed by atoms with Gasteiger partial charge in [-0.2, -0.15) is 0 Å². The average Bonchev–Trinajstić information content (AvgIpc) is 2.09. The highest BCUT2D eigenvalue weighted by Crippen LogP contribution is 2.18. The lowest BCUT2D eigenvalue weighted by Gasteiger charge is -2.07. The number of hydrogen-bond donors (Lipinski definition) is 0. The van der Waals surface area contributed by atoms with Gasteiger partial charge >= 0.3 is 0 Å². The van der Waals surface area contributed by atoms with E-state index in [0.29, 0.717) is 11.8 Å². The molecule has 1 aromatic rings. The molecule has 1 heterocycles. The summed E-state index contributed by atoms with van der Waals surface area (Å²) in [6.07, 6.45) is 4.63. The molecule has 0 aromatic carbocycles. The molecule has 66 valence electrons. The standard InChI is InChI=1S/C9H11BrClN/c1-7(5-11)4-8-2-3-12-6-9(8)10/h2-3,6-7H,4-5H2,1H3. The van der Waals surface area contributed by atoms with Crippen LogP contribution in [0.4, 0.5) is 0 Å². The molecule has 0 N–H and O–H groups in total. The van der Waals surface area contributed by atoms with E-state index in [1.54, 1.807) is 6.20 Å². The summed E-state index contributed by atoms with van der Waals surface area (Å²) in [5.41, 5.74) is 1.28. The highest BCUT2D eigenvalue weighted by Gasteiger charge is 2.04. The van der Waals surface area contributed by atoms with Crippen LogP contribution in [-0.4, -0.2) is 10.9 Å². The molecule has 1 atom stereocenters. The van der Waals surface area contributed by atoms with Crippen molar-refractivity contribution in [1.29, 1.82) is 0 Å². The summed E-state index contributed by atoms with van der Waals surface area (Å²) in [5, 5.41) is 0. The van der Waals surface area contributed by atoms with Crippen LogP contribution < -0.4 is 0 Å². The fourth-order valence-electron chi connectivity index (χ4n) is 1.000. The van der Waals surface area contributed by atoms with Crippen LogP contribution in [0.2, 0.25) is 0 Å². The Bertz CT molecular complexity index is 252. The fourth-order valence-corrected chi connectivity index (χ4v) is 1.52. The maximum Gasteiger partial charge on any atom is 0.0412 e. The number of nitrogens with zero attached hydrogens (tertiary/aromatic N) is 1. The Balaban J connectivity index is 2.69. The Morgan fingerprint density at radius 3 is 3.00 bits per heavy atom. The number of halogens is 2. The second-order valence-corrected chi connectivity index (χ2v) is 4.09. The third-order valence-electron chi connectivity index (χ3n) is 1.69. The summed E-state index contributed by atoms with van der Waals surface area (Å²) in [4.78, 5) is 4.00. The first-order valence-electron chi connectivity index (χ1n) is 3.88. The van der Waals surface area contributed by atoms with Crippen LogP contribution in [0.1, 0.15) is 12.5 Å². The van der Waals surface area contributed by atoms with Crippen LogP contribution in [0.5, 0.6) is 0 Å². The van der Waals surface area contributed by atoms with E-state index in [4.69, 9.17) is 11.6 Å². The SMILES string of the molecule is CC(CCl)Cc1ccncc1Br. The van der Waals surface area contributed by atoms with Gasteiger partial charge in [-0.05, 0) is 39.9 Å². The molecule has 0 aliphatic carbocycles. The lowest BCUT2D eigenvalue weighted by Crippen LogP contribution is -2.01. The number of pyridine rings is 1. The molecule has 0 amide bonds. The van der Waals surface area contributed by atoms with Gasteiger partial charge in [0.1, 0.15) is 0 Å². The maximum atomic E-state index is 5.72. The van der Waals surface area contributed by atoms with Crippen LogP contribution >= 0.6 is 27.5 Å². The monoisotopic (exact) mass is 247 g/mol. The van der Waals surface area contributed by atoms with E-state index in [1.807, 2.05) is 12.3 Å². The van der Waals surface area contributed by atoms with Gasteiger partial charge in [-0.1, -0.05) is 6.92 Å². The minimum Gasteiger partial charge on any atom is -0.264 e. The molecule has 0 radical (unpaired) electrons. The van der Waals surface area contributed by atoms with Crippen molar-refractivity contribution in [3.05, 3.63) is 28.5 Å². The Labute approximate surface area is 86.3 Å². The molecule has 1 nitrogen and oxygen atoms in total. The molecule has 1 aromatic heterocycles. The summed E-state index contributed by atoms with van der Waals surface area (Å²) in [7, 11) is 0. The number of hydrogen-bond acceptors (Lipinski definition) is 1. The molecule has 0 spiro atoms. The maximum absolute atomic E-state index is 5.72. The van der Waals surface area contributed by atoms with E-state index < -0.39 is 0 Å². The quantitative estimate of drug-likeness (QED) is 0.748. The van der Waals surface area contributed by atoms with E-state index in [-0.39, 0.29) is 0 Å². The minimum atomic E-state index is 0.519. The normalized spacial score (nSPS) is 12.9. The second kappa shape index (κ2) is 4.83. The van der Waals surface area contributed by atoms with E-state index in [0.717, 1.165) is 10.9 Å². The van der Waals surface area contributed by atoms with Gasteiger partial charge in [0.15, 0.2) is 0 Å². The minimum absolute atomic E-state index is 0.519. The number of rotatable bonds is 3. The van der Waals surface area contributed by atoms with Gasteiger partial charge in [0, 0.05) is 22.7 Å². The molecule has 0 saturated carbocycles. The van der Waals surface area contributed by atoms with E-state index in [1.165, 1.54) is 5.56 Å². The molecule has 0 aliphatic rings. The van der Waals surface area contributed by atoms with Crippen LogP contribution in [0.3, 0.4) is 0 Å². The zero-order chi connectivity index (χ0) is 8.97. The van der Waals surface area contributed by atoms with Crippen LogP contribution in [0.15, 0.2) is 22.9 Å². The van der Waals surface area contributed by atoms with Crippen molar-refractivity contribution in [1.82, 2.24) is 4.98 Å². The topological polar surface area (TPSA) is 12.9 Å². The molecular weight excluding hydrogens is 237 g/mol. The van der Waals surface area contributed by atoms with Gasteiger partial charge in [0.2, 0.25) is 0 Å². The van der Waals surface area contributed by atoms with Crippen LogP contribution in [0, 0.1) is 5.92 Å². The van der Waals surface area contributed by atoms with Crippen molar-refractivity contribution in [2.24, 2.45) is 5.92 Å². The van der Waals surface area contributed by atoms with Crippen molar-refractivity contribution in [3.63, 3.8) is 0 Å². The van der Waals surface area contributed by atoms with Crippen molar-refractivity contribution >= 4 is 27.5 Å². The lowest BCUT2D eigenvalue weighted by molar-refractivity contribution is 0.652. The van der Waals surface area contributed by atoms with Gasteiger partial charge in [-0.25, -0.2) is 0 Å². The molecule has 0 saturated heterocycles. The Hall–Kier alpha value is -0.0800. The molecular formula is C9H11BrClN. The van der Waals surface area contributed by atoms with Crippen molar-refractivity contribution in [3.8, 4) is 0 Å². The smallest absolute Gasteiger partial charge is 0.0412 e. The largest absolute Gasteiger partial charge is 0.264 e. The first-order chi connectivity index (χ1) is 5.74. The molecule has 0 aliphatic heterocycles. The van der Waals surface area contributed by atoms with Gasteiger partial charge in [0.05, 0.1) is 0 Å². The van der Waals surface area contributed by atoms with Gasteiger partial charge in [-0.15, -0.1) is 11.6 Å². The Morgan fingerprint density at radius 1 is 1.67 bits per heavy atom. The number of aromatic nitrogens is 1. The van der Waals surface area contributed by atoms with Crippen molar-refractivity contribution in [2.75, 3.05) is 5.88 Å². The van der Waals surface area contributed by atoms with Crippen LogP contribution in [-0.2, 0) is 6.42 Å². The van der Waals surface area contributed by atoms with Crippen molar-refractivity contribution in [2.45, 2.75) is 13.3 Å². The molecule has 0 bridgehead atoms. The van der Waals surface area contributed by atoms with Gasteiger partial charge in [0.25, 0.3) is 0 Å². The lowest BCUT2D eigenvalue weighted by atomic mass is 10.0. The molecule has 0 fully saturated rings. The second-order valence-electron chi connectivity index (χ2n) is 2.93. The van der Waals surface area contributed by atoms with Gasteiger partial charge < -0.3 is 0 Å². The van der Waals surface area contributed by atoms with Crippen molar-refractivity contribution < 1.29 is 0 Å². The summed E-state index contributed by atoms with van der Waals surface area (Å²) in [5.74, 6) is 1.22. The van der Waals surface area contributed by atoms with Crippen LogP contribution in [0.25, 0.3) is 0 Å². The zero-order valence-corrected chi connectivity index (χ0v) is 9.27. The predicted octanol–water partition coefficient (Wildman–Crippen LogP) is 3.26.